The highest BCUT2D eigenvalue weighted by Crippen LogP contribution is 2.42. The number of halogens is 6. The number of H-pyrrole nitrogens is 1. The molecule has 15 heteroatoms. The highest BCUT2D eigenvalue weighted by Gasteiger charge is 2.47. The Labute approximate surface area is 193 Å². The van der Waals surface area contributed by atoms with Gasteiger partial charge in [0, 0.05) is 36.2 Å². The van der Waals surface area contributed by atoms with E-state index in [1.54, 1.807) is 0 Å². The van der Waals surface area contributed by atoms with Crippen molar-refractivity contribution in [2.75, 3.05) is 18.4 Å². The smallest absolute Gasteiger partial charge is 0.329 e. The number of pyridine rings is 2. The predicted octanol–water partition coefficient (Wildman–Crippen LogP) is 4.27. The highest BCUT2D eigenvalue weighted by atomic mass is 19.4. The van der Waals surface area contributed by atoms with Gasteiger partial charge in [0.1, 0.15) is 11.6 Å². The van der Waals surface area contributed by atoms with Crippen LogP contribution in [0.25, 0.3) is 10.4 Å². The summed E-state index contributed by atoms with van der Waals surface area (Å²) in [7, 11) is 0. The number of likely N-dealkylation sites (tertiary alicyclic amines) is 1. The van der Waals surface area contributed by atoms with Crippen molar-refractivity contribution < 1.29 is 31.1 Å². The summed E-state index contributed by atoms with van der Waals surface area (Å²) in [5.74, 6) is -6.23. The molecule has 2 aromatic heterocycles. The number of carbonyl (C=O) groups excluding carboxylic acids is 1. The predicted molar refractivity (Wildman–Crippen MR) is 111 cm³/mol. The molecule has 35 heavy (non-hydrogen) atoms. The Kier molecular flexibility index (Phi) is 7.41. The largest absolute Gasteiger partial charge is 0.401 e. The van der Waals surface area contributed by atoms with Gasteiger partial charge in [-0.1, -0.05) is 5.11 Å². The Hall–Kier alpha value is -3.58. The normalized spacial score (nSPS) is 19.9. The second kappa shape index (κ2) is 9.96. The van der Waals surface area contributed by atoms with Crippen LogP contribution in [-0.4, -0.2) is 52.0 Å². The van der Waals surface area contributed by atoms with E-state index >= 15 is 0 Å². The molecule has 1 amide bonds. The van der Waals surface area contributed by atoms with Gasteiger partial charge in [-0.05, 0) is 36.2 Å². The standard InChI is InChI=1S/C20H19F6N7O2/c1-10(17(34)30-15-3-2-12(21)8-28-15)33-5-4-19(22,23)14(9-33)11-6-13(18(35)29-7-11)16(31-32-27)20(24,25)26/h2-3,6-8,10,14,16H,4-5,9H2,1H3,(H,29,35)(H,28,30,34). The van der Waals surface area contributed by atoms with Crippen LogP contribution in [0, 0.1) is 5.82 Å². The van der Waals surface area contributed by atoms with E-state index in [0.29, 0.717) is 6.07 Å². The molecule has 0 aliphatic carbocycles. The lowest BCUT2D eigenvalue weighted by Crippen LogP contribution is -2.52. The third-order valence-corrected chi connectivity index (χ3v) is 5.69. The van der Waals surface area contributed by atoms with Gasteiger partial charge in [-0.2, -0.15) is 13.2 Å². The first-order valence-corrected chi connectivity index (χ1v) is 10.2. The van der Waals surface area contributed by atoms with E-state index in [2.05, 4.69) is 20.3 Å². The molecule has 1 fully saturated rings. The molecule has 3 atom stereocenters. The summed E-state index contributed by atoms with van der Waals surface area (Å²) in [4.78, 5) is 33.8. The lowest BCUT2D eigenvalue weighted by Gasteiger charge is -2.40. The Bertz CT molecular complexity index is 1180. The van der Waals surface area contributed by atoms with Crippen LogP contribution in [0.4, 0.5) is 32.2 Å². The minimum absolute atomic E-state index is 0.0451. The first-order valence-electron chi connectivity index (χ1n) is 10.2. The van der Waals surface area contributed by atoms with E-state index in [4.69, 9.17) is 5.53 Å². The summed E-state index contributed by atoms with van der Waals surface area (Å²) >= 11 is 0. The summed E-state index contributed by atoms with van der Waals surface area (Å²) in [6, 6.07) is -0.869. The number of aromatic nitrogens is 2. The van der Waals surface area contributed by atoms with Crippen molar-refractivity contribution in [1.82, 2.24) is 14.9 Å². The van der Waals surface area contributed by atoms with Crippen LogP contribution >= 0.6 is 0 Å². The maximum Gasteiger partial charge on any atom is 0.401 e. The zero-order valence-corrected chi connectivity index (χ0v) is 18.1. The van der Waals surface area contributed by atoms with Gasteiger partial charge < -0.3 is 10.3 Å². The number of anilines is 1. The topological polar surface area (TPSA) is 127 Å². The number of amides is 1. The maximum absolute atomic E-state index is 14.8. The van der Waals surface area contributed by atoms with Gasteiger partial charge in [0.05, 0.1) is 18.2 Å². The van der Waals surface area contributed by atoms with Gasteiger partial charge in [-0.25, -0.2) is 18.2 Å². The van der Waals surface area contributed by atoms with Crippen molar-refractivity contribution in [1.29, 1.82) is 0 Å². The summed E-state index contributed by atoms with van der Waals surface area (Å²) in [6.07, 6.45) is -4.07. The summed E-state index contributed by atoms with van der Waals surface area (Å²) in [6.45, 7) is 0.816. The van der Waals surface area contributed by atoms with Crippen LogP contribution in [-0.2, 0) is 4.79 Å². The molecule has 3 unspecified atom stereocenters. The van der Waals surface area contributed by atoms with Crippen LogP contribution in [0.3, 0.4) is 0 Å². The molecule has 3 rings (SSSR count). The summed E-state index contributed by atoms with van der Waals surface area (Å²) in [5.41, 5.74) is 5.91. The summed E-state index contributed by atoms with van der Waals surface area (Å²) < 4.78 is 82.6. The molecule has 0 radical (unpaired) electrons. The van der Waals surface area contributed by atoms with Crippen LogP contribution in [0.15, 0.2) is 40.5 Å². The van der Waals surface area contributed by atoms with E-state index in [1.165, 1.54) is 17.9 Å². The highest BCUT2D eigenvalue weighted by molar-refractivity contribution is 5.93. The SMILES string of the molecule is CC(C(=O)Nc1ccc(F)cn1)N1CCC(F)(F)C(c2c[nH]c(=O)c(C(N=[N+]=[N-])C(F)(F)F)c2)C1. The van der Waals surface area contributed by atoms with Crippen molar-refractivity contribution in [3.8, 4) is 0 Å². The maximum atomic E-state index is 14.8. The quantitative estimate of drug-likeness (QED) is 0.264. The fraction of sp³-hybridized carbons (Fsp3) is 0.450. The Morgan fingerprint density at radius 3 is 2.71 bits per heavy atom. The lowest BCUT2D eigenvalue weighted by atomic mass is 9.86. The van der Waals surface area contributed by atoms with E-state index in [-0.39, 0.29) is 17.9 Å². The molecule has 188 valence electrons. The van der Waals surface area contributed by atoms with Gasteiger partial charge in [-0.3, -0.25) is 14.5 Å². The molecule has 0 bridgehead atoms. The van der Waals surface area contributed by atoms with E-state index in [0.717, 1.165) is 18.5 Å². The van der Waals surface area contributed by atoms with Crippen LogP contribution in [0.1, 0.15) is 36.4 Å². The van der Waals surface area contributed by atoms with Crippen molar-refractivity contribution in [2.45, 2.75) is 43.4 Å². The fourth-order valence-electron chi connectivity index (χ4n) is 3.75. The van der Waals surface area contributed by atoms with Crippen LogP contribution < -0.4 is 10.9 Å². The molecule has 9 nitrogen and oxygen atoms in total. The molecule has 0 spiro atoms. The third-order valence-electron chi connectivity index (χ3n) is 5.69. The number of aromatic amines is 1. The second-order valence-corrected chi connectivity index (χ2v) is 7.95. The molecule has 0 saturated carbocycles. The number of nitrogens with zero attached hydrogens (tertiary/aromatic N) is 5. The number of hydrogen-bond donors (Lipinski definition) is 2. The van der Waals surface area contributed by atoms with Gasteiger partial charge in [0.15, 0.2) is 6.04 Å². The molecule has 2 N–H and O–H groups in total. The average molecular weight is 503 g/mol. The number of alkyl halides is 5. The first-order chi connectivity index (χ1) is 16.3. The second-order valence-electron chi connectivity index (χ2n) is 7.95. The zero-order chi connectivity index (χ0) is 26.0. The molecule has 0 aromatic carbocycles. The summed E-state index contributed by atoms with van der Waals surface area (Å²) in [5, 5.41) is 5.05. The van der Waals surface area contributed by atoms with Crippen molar-refractivity contribution >= 4 is 11.7 Å². The monoisotopic (exact) mass is 503 g/mol. The van der Waals surface area contributed by atoms with E-state index < -0.39 is 65.9 Å². The number of hydrogen-bond acceptors (Lipinski definition) is 5. The van der Waals surface area contributed by atoms with Crippen molar-refractivity contribution in [2.24, 2.45) is 5.11 Å². The Balaban J connectivity index is 1.87. The molecule has 1 aliphatic heterocycles. The van der Waals surface area contributed by atoms with E-state index in [9.17, 15) is 35.9 Å². The van der Waals surface area contributed by atoms with Gasteiger partial charge in [0.2, 0.25) is 5.91 Å². The average Bonchev–Trinajstić information content (AvgIpc) is 2.78. The number of nitrogens with one attached hydrogen (secondary N) is 2. The van der Waals surface area contributed by atoms with Crippen LogP contribution in [0.5, 0.6) is 0 Å². The van der Waals surface area contributed by atoms with Crippen LogP contribution in [0.2, 0.25) is 0 Å². The minimum Gasteiger partial charge on any atom is -0.329 e. The Morgan fingerprint density at radius 2 is 2.11 bits per heavy atom. The number of carbonyl (C=O) groups is 1. The molecular formula is C20H19F6N7O2. The van der Waals surface area contributed by atoms with Gasteiger partial charge in [-0.15, -0.1) is 0 Å². The number of rotatable bonds is 6. The fourth-order valence-corrected chi connectivity index (χ4v) is 3.75. The van der Waals surface area contributed by atoms with Crippen molar-refractivity contribution in [3.63, 3.8) is 0 Å². The molecule has 1 aliphatic rings. The molecule has 2 aromatic rings. The minimum atomic E-state index is -5.13. The molecule has 3 heterocycles. The lowest BCUT2D eigenvalue weighted by molar-refractivity contribution is -0.149. The van der Waals surface area contributed by atoms with Gasteiger partial charge >= 0.3 is 6.18 Å². The van der Waals surface area contributed by atoms with E-state index in [1.807, 2.05) is 4.98 Å². The molecule has 1 saturated heterocycles. The zero-order valence-electron chi connectivity index (χ0n) is 18.1. The van der Waals surface area contributed by atoms with Crippen molar-refractivity contribution in [3.05, 3.63) is 68.3 Å². The first kappa shape index (κ1) is 26.0. The van der Waals surface area contributed by atoms with Gasteiger partial charge in [0.25, 0.3) is 11.5 Å². The Morgan fingerprint density at radius 1 is 1.40 bits per heavy atom. The number of piperidine rings is 1. The third kappa shape index (κ3) is 5.92. The number of azide groups is 1. The molecular weight excluding hydrogens is 484 g/mol.